The third-order valence-electron chi connectivity index (χ3n) is 4.06. The molecule has 3 aromatic rings. The Morgan fingerprint density at radius 2 is 1.52 bits per heavy atom. The second-order valence-corrected chi connectivity index (χ2v) is 23.1. The van der Waals surface area contributed by atoms with Gasteiger partial charge in [0.05, 0.1) is 0 Å². The van der Waals surface area contributed by atoms with Gasteiger partial charge in [0.15, 0.2) is 0 Å². The van der Waals surface area contributed by atoms with Crippen LogP contribution in [0.15, 0.2) is 59.6 Å². The molecule has 0 saturated carbocycles. The van der Waals surface area contributed by atoms with Gasteiger partial charge in [0.25, 0.3) is 0 Å². The summed E-state index contributed by atoms with van der Waals surface area (Å²) in [5, 5.41) is 1.08. The Balaban J connectivity index is 2.30. The Hall–Kier alpha value is -1.27. The van der Waals surface area contributed by atoms with Crippen LogP contribution in [0.1, 0.15) is 5.56 Å². The van der Waals surface area contributed by atoms with E-state index in [4.69, 9.17) is 0 Å². The fraction of sp³-hybridized carbons (Fsp3) is 0.222. The quantitative estimate of drug-likeness (QED) is 0.590. The van der Waals surface area contributed by atoms with Crippen molar-refractivity contribution in [2.45, 2.75) is 26.6 Å². The zero-order chi connectivity index (χ0) is 16.8. The molecule has 0 atom stereocenters. The molecule has 0 aliphatic rings. The predicted octanol–water partition coefficient (Wildman–Crippen LogP) is 3.73. The summed E-state index contributed by atoms with van der Waals surface area (Å²) in [7, 11) is -3.57. The molecule has 0 bridgehead atoms. The number of para-hydroxylation sites is 1. The molecule has 0 unspecified atom stereocenters. The fourth-order valence-corrected chi connectivity index (χ4v) is 8.79. The van der Waals surface area contributed by atoms with Crippen molar-refractivity contribution in [3.63, 3.8) is 0 Å². The van der Waals surface area contributed by atoms with E-state index in [1.807, 2.05) is 49.5 Å². The van der Waals surface area contributed by atoms with Crippen molar-refractivity contribution < 1.29 is 8.42 Å². The van der Waals surface area contributed by atoms with Gasteiger partial charge in [-0.25, -0.2) is 0 Å². The first kappa shape index (κ1) is 16.6. The number of aryl methyl sites for hydroxylation is 1. The first-order valence-electron chi connectivity index (χ1n) is 7.64. The van der Waals surface area contributed by atoms with Crippen molar-refractivity contribution in [2.75, 3.05) is 0 Å². The summed E-state index contributed by atoms with van der Waals surface area (Å²) in [6.07, 6.45) is 1.86. The third-order valence-corrected chi connectivity index (χ3v) is 11.5. The molecule has 1 heterocycles. The number of aromatic nitrogens is 1. The number of hydrogen-bond acceptors (Lipinski definition) is 2. The number of hydrogen-bond donors (Lipinski definition) is 0. The molecule has 3 nitrogen and oxygen atoms in total. The molecule has 3 rings (SSSR count). The van der Waals surface area contributed by atoms with Crippen LogP contribution in [0.5, 0.6) is 0 Å². The van der Waals surface area contributed by atoms with Crippen molar-refractivity contribution in [2.24, 2.45) is 0 Å². The van der Waals surface area contributed by atoms with Gasteiger partial charge in [-0.1, -0.05) is 0 Å². The Kier molecular flexibility index (Phi) is 4.09. The summed E-state index contributed by atoms with van der Waals surface area (Å²) in [6, 6.07) is 14.8. The molecular weight excluding hydrogens is 413 g/mol. The number of nitrogens with zero attached hydrogens (tertiary/aromatic N) is 1. The second kappa shape index (κ2) is 5.67. The summed E-state index contributed by atoms with van der Waals surface area (Å²) in [5.74, 6) is 0. The van der Waals surface area contributed by atoms with Gasteiger partial charge >= 0.3 is 142 Å². The molecule has 2 aromatic carbocycles. The first-order valence-corrected chi connectivity index (χ1v) is 19.1. The molecule has 0 aliphatic carbocycles. The molecule has 120 valence electrons. The van der Waals surface area contributed by atoms with Gasteiger partial charge in [0.1, 0.15) is 0 Å². The van der Waals surface area contributed by atoms with Gasteiger partial charge in [0, 0.05) is 0 Å². The Bertz CT molecular complexity index is 964. The van der Waals surface area contributed by atoms with Gasteiger partial charge in [-0.3, -0.25) is 0 Å². The Labute approximate surface area is 141 Å². The monoisotopic (exact) mass is 435 g/mol. The summed E-state index contributed by atoms with van der Waals surface area (Å²) >= 11 is -2.43. The van der Waals surface area contributed by atoms with Crippen LogP contribution in [0.25, 0.3) is 10.9 Å². The Morgan fingerprint density at radius 1 is 0.913 bits per heavy atom. The molecule has 1 aromatic heterocycles. The molecule has 0 aliphatic heterocycles. The van der Waals surface area contributed by atoms with Gasteiger partial charge in [0.2, 0.25) is 0 Å². The molecule has 0 spiro atoms. The molecule has 0 saturated heterocycles. The minimum atomic E-state index is -3.57. The number of rotatable bonds is 3. The van der Waals surface area contributed by atoms with Crippen LogP contribution in [0.2, 0.25) is 14.8 Å². The maximum absolute atomic E-state index is 13.1. The number of benzene rings is 2. The molecular formula is C18H21NO2SSn. The van der Waals surface area contributed by atoms with Crippen molar-refractivity contribution in [1.82, 2.24) is 3.97 Å². The van der Waals surface area contributed by atoms with Gasteiger partial charge in [-0.05, 0) is 0 Å². The van der Waals surface area contributed by atoms with Crippen LogP contribution in [0, 0.1) is 6.92 Å². The van der Waals surface area contributed by atoms with E-state index in [-0.39, 0.29) is 0 Å². The van der Waals surface area contributed by atoms with Crippen LogP contribution >= 0.6 is 0 Å². The van der Waals surface area contributed by atoms with E-state index < -0.39 is 28.4 Å². The minimum absolute atomic E-state index is 0.333. The SMILES string of the molecule is Cc1ccc(S(=O)(=O)n2c[c]([Sn]([CH3])([CH3])[CH3])c3ccccc32)cc1. The van der Waals surface area contributed by atoms with Crippen molar-refractivity contribution in [1.29, 1.82) is 0 Å². The van der Waals surface area contributed by atoms with Gasteiger partial charge in [-0.2, -0.15) is 0 Å². The predicted molar refractivity (Wildman–Crippen MR) is 98.7 cm³/mol. The van der Waals surface area contributed by atoms with Crippen LogP contribution in [-0.2, 0) is 10.0 Å². The second-order valence-electron chi connectivity index (χ2n) is 6.92. The summed E-state index contributed by atoms with van der Waals surface area (Å²) in [6.45, 7) is 1.95. The average molecular weight is 434 g/mol. The maximum atomic E-state index is 13.1. The van der Waals surface area contributed by atoms with Crippen LogP contribution in [0.3, 0.4) is 0 Å². The van der Waals surface area contributed by atoms with Crippen molar-refractivity contribution in [3.8, 4) is 0 Å². The van der Waals surface area contributed by atoms with Crippen molar-refractivity contribution >= 4 is 42.9 Å². The fourth-order valence-electron chi connectivity index (χ4n) is 2.77. The van der Waals surface area contributed by atoms with E-state index >= 15 is 0 Å². The molecule has 23 heavy (non-hydrogen) atoms. The molecule has 0 fully saturated rings. The molecule has 0 N–H and O–H groups in total. The van der Waals surface area contributed by atoms with E-state index in [1.165, 1.54) is 7.55 Å². The average Bonchev–Trinajstić information content (AvgIpc) is 2.88. The van der Waals surface area contributed by atoms with E-state index in [2.05, 4.69) is 14.8 Å². The molecule has 5 heteroatoms. The summed E-state index contributed by atoms with van der Waals surface area (Å²) in [5.41, 5.74) is 1.82. The molecule has 0 amide bonds. The van der Waals surface area contributed by atoms with Crippen LogP contribution < -0.4 is 3.58 Å². The molecule has 0 radical (unpaired) electrons. The van der Waals surface area contributed by atoms with E-state index in [9.17, 15) is 8.42 Å². The van der Waals surface area contributed by atoms with Gasteiger partial charge < -0.3 is 0 Å². The Morgan fingerprint density at radius 3 is 2.13 bits per heavy atom. The third kappa shape index (κ3) is 2.94. The normalized spacial score (nSPS) is 12.7. The zero-order valence-corrected chi connectivity index (χ0v) is 17.5. The van der Waals surface area contributed by atoms with Crippen molar-refractivity contribution in [3.05, 3.63) is 60.3 Å². The summed E-state index contributed by atoms with van der Waals surface area (Å²) < 4.78 is 28.9. The number of fused-ring (bicyclic) bond motifs is 1. The van der Waals surface area contributed by atoms with E-state index in [0.29, 0.717) is 4.90 Å². The standard InChI is InChI=1S/C15H12NO2S.3CH3.Sn/c1-12-6-8-14(9-7-12)19(17,18)16-11-10-13-4-2-3-5-15(13)16;;;;/h2-9,11H,1H3;3*1H3;. The first-order chi connectivity index (χ1) is 10.7. The topological polar surface area (TPSA) is 39.1 Å². The van der Waals surface area contributed by atoms with Gasteiger partial charge in [-0.15, -0.1) is 0 Å². The van der Waals surface area contributed by atoms with Crippen LogP contribution in [0.4, 0.5) is 0 Å². The van der Waals surface area contributed by atoms with E-state index in [0.717, 1.165) is 16.5 Å². The van der Waals surface area contributed by atoms with Crippen LogP contribution in [-0.4, -0.2) is 30.8 Å². The van der Waals surface area contributed by atoms with E-state index in [1.54, 1.807) is 12.1 Å². The summed E-state index contributed by atoms with van der Waals surface area (Å²) in [4.78, 5) is 7.25. The zero-order valence-electron chi connectivity index (χ0n) is 13.9.